The molecule has 1 aromatic heterocycles. The summed E-state index contributed by atoms with van der Waals surface area (Å²) in [6.45, 7) is 0. The molecule has 23 heavy (non-hydrogen) atoms. The Morgan fingerprint density at radius 3 is 2.65 bits per heavy atom. The first-order valence-corrected chi connectivity index (χ1v) is 6.47. The normalized spacial score (nSPS) is 10.7. The fraction of sp³-hybridized carbons (Fsp3) is 0. The lowest BCUT2D eigenvalue weighted by Gasteiger charge is -2.09. The fourth-order valence-corrected chi connectivity index (χ4v) is 2.25. The van der Waals surface area contributed by atoms with Gasteiger partial charge in [-0.3, -0.25) is 4.79 Å². The van der Waals surface area contributed by atoms with Gasteiger partial charge in [-0.2, -0.15) is 0 Å². The lowest BCUT2D eigenvalue weighted by Crippen LogP contribution is -2.16. The Morgan fingerprint density at radius 2 is 1.91 bits per heavy atom. The summed E-state index contributed by atoms with van der Waals surface area (Å²) < 4.78 is 32.3. The molecule has 7 heteroatoms. The number of carboxylic acid groups (broad SMARTS) is 1. The molecule has 0 atom stereocenters. The number of carboxylic acids is 1. The molecule has 3 aromatic rings. The zero-order valence-electron chi connectivity index (χ0n) is 11.5. The van der Waals surface area contributed by atoms with Crippen LogP contribution in [0.3, 0.4) is 0 Å². The van der Waals surface area contributed by atoms with E-state index in [2.05, 4.69) is 5.32 Å². The second kappa shape index (κ2) is 5.53. The average Bonchev–Trinajstić information content (AvgIpc) is 2.93. The highest BCUT2D eigenvalue weighted by Gasteiger charge is 2.20. The second-order valence-electron chi connectivity index (χ2n) is 4.71. The van der Waals surface area contributed by atoms with Gasteiger partial charge in [-0.1, -0.05) is 6.07 Å². The smallest absolute Gasteiger partial charge is 0.340 e. The zero-order chi connectivity index (χ0) is 16.6. The number of hydrogen-bond donors (Lipinski definition) is 2. The topological polar surface area (TPSA) is 79.5 Å². The Morgan fingerprint density at radius 1 is 1.13 bits per heavy atom. The van der Waals surface area contributed by atoms with E-state index in [1.807, 2.05) is 0 Å². The van der Waals surface area contributed by atoms with Crippen molar-refractivity contribution in [2.24, 2.45) is 0 Å². The van der Waals surface area contributed by atoms with Crippen LogP contribution >= 0.6 is 0 Å². The highest BCUT2D eigenvalue weighted by atomic mass is 19.1. The van der Waals surface area contributed by atoms with Crippen molar-refractivity contribution in [3.8, 4) is 0 Å². The number of amides is 1. The van der Waals surface area contributed by atoms with Crippen molar-refractivity contribution in [1.82, 2.24) is 0 Å². The number of carbonyl (C=O) groups is 2. The van der Waals surface area contributed by atoms with Crippen molar-refractivity contribution in [3.63, 3.8) is 0 Å². The molecule has 0 spiro atoms. The molecular weight excluding hydrogens is 308 g/mol. The van der Waals surface area contributed by atoms with Gasteiger partial charge in [-0.15, -0.1) is 0 Å². The van der Waals surface area contributed by atoms with Crippen molar-refractivity contribution in [3.05, 3.63) is 65.4 Å². The van der Waals surface area contributed by atoms with Crippen LogP contribution in [0.5, 0.6) is 0 Å². The maximum atomic E-state index is 13.6. The molecule has 0 saturated heterocycles. The largest absolute Gasteiger partial charge is 0.478 e. The number of furan rings is 1. The third-order valence-electron chi connectivity index (χ3n) is 3.24. The molecule has 0 bridgehead atoms. The van der Waals surface area contributed by atoms with Crippen LogP contribution in [-0.4, -0.2) is 17.0 Å². The van der Waals surface area contributed by atoms with E-state index in [0.717, 1.165) is 12.1 Å². The molecule has 116 valence electrons. The van der Waals surface area contributed by atoms with Gasteiger partial charge in [0, 0.05) is 5.39 Å². The van der Waals surface area contributed by atoms with E-state index in [4.69, 9.17) is 9.52 Å². The predicted molar refractivity (Wildman–Crippen MR) is 77.5 cm³/mol. The molecule has 0 aliphatic rings. The minimum absolute atomic E-state index is 0.120. The molecule has 0 aliphatic heterocycles. The molecule has 1 amide bonds. The summed E-state index contributed by atoms with van der Waals surface area (Å²) in [5, 5.41) is 11.7. The van der Waals surface area contributed by atoms with E-state index in [0.29, 0.717) is 5.39 Å². The lowest BCUT2D eigenvalue weighted by molar-refractivity contribution is 0.0693. The van der Waals surface area contributed by atoms with Crippen LogP contribution in [0.4, 0.5) is 14.5 Å². The highest BCUT2D eigenvalue weighted by molar-refractivity contribution is 6.13. The van der Waals surface area contributed by atoms with Crippen molar-refractivity contribution < 1.29 is 27.9 Å². The number of rotatable bonds is 3. The highest BCUT2D eigenvalue weighted by Crippen LogP contribution is 2.24. The number of nitrogens with one attached hydrogen (secondary N) is 1. The van der Waals surface area contributed by atoms with Crippen molar-refractivity contribution >= 4 is 28.5 Å². The number of anilines is 1. The first-order valence-electron chi connectivity index (χ1n) is 6.47. The summed E-state index contributed by atoms with van der Waals surface area (Å²) in [6, 6.07) is 7.10. The average molecular weight is 317 g/mol. The predicted octanol–water partition coefficient (Wildman–Crippen LogP) is 3.66. The lowest BCUT2D eigenvalue weighted by atomic mass is 10.1. The number of aromatic carboxylic acids is 1. The Hall–Kier alpha value is -3.22. The van der Waals surface area contributed by atoms with Crippen LogP contribution in [0.2, 0.25) is 0 Å². The van der Waals surface area contributed by atoms with E-state index in [9.17, 15) is 18.4 Å². The number of carbonyl (C=O) groups excluding carboxylic acids is 1. The van der Waals surface area contributed by atoms with E-state index < -0.39 is 29.1 Å². The van der Waals surface area contributed by atoms with Gasteiger partial charge < -0.3 is 14.8 Å². The van der Waals surface area contributed by atoms with Gasteiger partial charge in [0.15, 0.2) is 0 Å². The number of fused-ring (bicyclic) bond motifs is 1. The Bertz CT molecular complexity index is 933. The Kier molecular flexibility index (Phi) is 3.53. The summed E-state index contributed by atoms with van der Waals surface area (Å²) in [5.74, 6) is -3.97. The summed E-state index contributed by atoms with van der Waals surface area (Å²) in [6.07, 6.45) is 1.30. The quantitative estimate of drug-likeness (QED) is 0.772. The van der Waals surface area contributed by atoms with Gasteiger partial charge in [0.2, 0.25) is 0 Å². The number of hydrogen-bond acceptors (Lipinski definition) is 3. The minimum atomic E-state index is -1.53. The van der Waals surface area contributed by atoms with Crippen LogP contribution in [0.1, 0.15) is 20.7 Å². The monoisotopic (exact) mass is 317 g/mol. The van der Waals surface area contributed by atoms with Gasteiger partial charge in [-0.25, -0.2) is 13.6 Å². The Balaban J connectivity index is 2.04. The molecule has 5 nitrogen and oxygen atoms in total. The standard InChI is InChI=1S/C16H9F2NO4/c17-9-6-8-4-5-23-14(8)10(7-9)15(20)19-12-3-1-2-11(18)13(12)16(21)22/h1-7H,(H,19,20)(H,21,22). The first kappa shape index (κ1) is 14.7. The van der Waals surface area contributed by atoms with Crippen LogP contribution in [0.15, 0.2) is 47.1 Å². The van der Waals surface area contributed by atoms with Gasteiger partial charge in [0.25, 0.3) is 5.91 Å². The van der Waals surface area contributed by atoms with E-state index >= 15 is 0 Å². The summed E-state index contributed by atoms with van der Waals surface area (Å²) in [4.78, 5) is 23.4. The van der Waals surface area contributed by atoms with Crippen LogP contribution < -0.4 is 5.32 Å². The second-order valence-corrected chi connectivity index (χ2v) is 4.71. The van der Waals surface area contributed by atoms with Gasteiger partial charge >= 0.3 is 5.97 Å². The van der Waals surface area contributed by atoms with E-state index in [1.165, 1.54) is 30.5 Å². The summed E-state index contributed by atoms with van der Waals surface area (Å²) >= 11 is 0. The SMILES string of the molecule is O=C(O)c1c(F)cccc1NC(=O)c1cc(F)cc2ccoc12. The third-order valence-corrected chi connectivity index (χ3v) is 3.24. The molecule has 0 radical (unpaired) electrons. The molecule has 2 N–H and O–H groups in total. The van der Waals surface area contributed by atoms with Gasteiger partial charge in [0.05, 0.1) is 17.5 Å². The maximum Gasteiger partial charge on any atom is 0.340 e. The van der Waals surface area contributed by atoms with Crippen molar-refractivity contribution in [2.45, 2.75) is 0 Å². The molecule has 2 aromatic carbocycles. The molecule has 0 fully saturated rings. The summed E-state index contributed by atoms with van der Waals surface area (Å²) in [7, 11) is 0. The van der Waals surface area contributed by atoms with E-state index in [1.54, 1.807) is 0 Å². The molecule has 0 unspecified atom stereocenters. The van der Waals surface area contributed by atoms with E-state index in [-0.39, 0.29) is 16.8 Å². The molecular formula is C16H9F2NO4. The molecule has 1 heterocycles. The zero-order valence-corrected chi connectivity index (χ0v) is 11.5. The Labute approximate surface area is 128 Å². The van der Waals surface area contributed by atoms with Crippen molar-refractivity contribution in [2.75, 3.05) is 5.32 Å². The number of halogens is 2. The van der Waals surface area contributed by atoms with Crippen LogP contribution in [0.25, 0.3) is 11.0 Å². The third kappa shape index (κ3) is 2.64. The first-order chi connectivity index (χ1) is 11.0. The maximum absolute atomic E-state index is 13.6. The summed E-state index contributed by atoms with van der Waals surface area (Å²) in [5.41, 5.74) is -0.873. The molecule has 0 saturated carbocycles. The van der Waals surface area contributed by atoms with Gasteiger partial charge in [0.1, 0.15) is 22.8 Å². The van der Waals surface area contributed by atoms with Crippen molar-refractivity contribution in [1.29, 1.82) is 0 Å². The number of benzene rings is 2. The van der Waals surface area contributed by atoms with Crippen LogP contribution in [-0.2, 0) is 0 Å². The fourth-order valence-electron chi connectivity index (χ4n) is 2.25. The molecule has 0 aliphatic carbocycles. The molecule has 3 rings (SSSR count). The minimum Gasteiger partial charge on any atom is -0.478 e. The van der Waals surface area contributed by atoms with Crippen LogP contribution in [0, 0.1) is 11.6 Å². The van der Waals surface area contributed by atoms with Gasteiger partial charge in [-0.05, 0) is 30.3 Å².